The lowest BCUT2D eigenvalue weighted by Crippen LogP contribution is -2.11. The number of para-hydroxylation sites is 1. The van der Waals surface area contributed by atoms with E-state index in [4.69, 9.17) is 13.6 Å². The molecular weight excluding hydrogens is 370 g/mol. The zero-order valence-corrected chi connectivity index (χ0v) is 15.4. The summed E-state index contributed by atoms with van der Waals surface area (Å²) >= 11 is 0. The third-order valence-corrected chi connectivity index (χ3v) is 4.51. The quantitative estimate of drug-likeness (QED) is 0.473. The smallest absolute Gasteiger partial charge is 0.291 e. The van der Waals surface area contributed by atoms with E-state index in [2.05, 4.69) is 15.3 Å². The zero-order chi connectivity index (χ0) is 19.8. The van der Waals surface area contributed by atoms with Gasteiger partial charge in [-0.15, -0.1) is 0 Å². The van der Waals surface area contributed by atoms with Crippen molar-refractivity contribution in [1.82, 2.24) is 9.97 Å². The lowest BCUT2D eigenvalue weighted by atomic mass is 10.1. The van der Waals surface area contributed by atoms with Crippen LogP contribution in [0, 0.1) is 0 Å². The van der Waals surface area contributed by atoms with Crippen LogP contribution in [0.5, 0.6) is 5.75 Å². The number of ether oxygens (including phenoxy) is 1. The van der Waals surface area contributed by atoms with Crippen LogP contribution in [0.2, 0.25) is 0 Å². The van der Waals surface area contributed by atoms with Gasteiger partial charge < -0.3 is 18.9 Å². The average Bonchev–Trinajstić information content (AvgIpc) is 3.38. The number of pyridine rings is 1. The van der Waals surface area contributed by atoms with E-state index in [0.29, 0.717) is 39.7 Å². The van der Waals surface area contributed by atoms with Gasteiger partial charge in [0, 0.05) is 17.1 Å². The van der Waals surface area contributed by atoms with Gasteiger partial charge in [0.05, 0.1) is 12.8 Å². The standard InChI is InChI=1S/C22H15N3O4/c1-27-17-9-8-14(22-25-20-18(29-22)7-4-10-23-20)11-15(17)24-21(26)19-12-13-5-2-3-6-16(13)28-19/h2-12H,1H3,(H,24,26). The molecule has 0 spiro atoms. The van der Waals surface area contributed by atoms with E-state index >= 15 is 0 Å². The summed E-state index contributed by atoms with van der Waals surface area (Å²) in [7, 11) is 1.54. The molecule has 3 aromatic heterocycles. The highest BCUT2D eigenvalue weighted by Crippen LogP contribution is 2.32. The topological polar surface area (TPSA) is 90.4 Å². The number of hydrogen-bond donors (Lipinski definition) is 1. The Bertz CT molecular complexity index is 1290. The second-order valence-corrected chi connectivity index (χ2v) is 6.36. The number of methoxy groups -OCH3 is 1. The number of aromatic nitrogens is 2. The monoisotopic (exact) mass is 385 g/mol. The second kappa shape index (κ2) is 6.79. The molecule has 0 bridgehead atoms. The SMILES string of the molecule is COc1ccc(-c2nc3ncccc3o2)cc1NC(=O)c1cc2ccccc2o1. The molecule has 142 valence electrons. The highest BCUT2D eigenvalue weighted by atomic mass is 16.5. The first-order valence-electron chi connectivity index (χ1n) is 8.91. The first-order chi connectivity index (χ1) is 14.2. The minimum atomic E-state index is -0.379. The van der Waals surface area contributed by atoms with Crippen molar-refractivity contribution in [3.8, 4) is 17.2 Å². The third kappa shape index (κ3) is 3.08. The fourth-order valence-corrected chi connectivity index (χ4v) is 3.11. The van der Waals surface area contributed by atoms with Crippen molar-refractivity contribution in [1.29, 1.82) is 0 Å². The van der Waals surface area contributed by atoms with E-state index < -0.39 is 0 Å². The third-order valence-electron chi connectivity index (χ3n) is 4.51. The van der Waals surface area contributed by atoms with Crippen molar-refractivity contribution in [2.45, 2.75) is 0 Å². The van der Waals surface area contributed by atoms with E-state index in [9.17, 15) is 4.79 Å². The van der Waals surface area contributed by atoms with Gasteiger partial charge in [0.1, 0.15) is 11.3 Å². The van der Waals surface area contributed by atoms with Gasteiger partial charge in [-0.05, 0) is 42.5 Å². The van der Waals surface area contributed by atoms with Gasteiger partial charge in [-0.25, -0.2) is 4.98 Å². The summed E-state index contributed by atoms with van der Waals surface area (Å²) in [5.41, 5.74) is 2.92. The first kappa shape index (κ1) is 17.0. The number of hydrogen-bond acceptors (Lipinski definition) is 6. The van der Waals surface area contributed by atoms with Gasteiger partial charge in [0.25, 0.3) is 5.91 Å². The largest absolute Gasteiger partial charge is 0.495 e. The molecule has 0 radical (unpaired) electrons. The molecule has 5 aromatic rings. The van der Waals surface area contributed by atoms with Gasteiger partial charge in [-0.3, -0.25) is 4.79 Å². The number of amides is 1. The molecule has 0 aliphatic rings. The van der Waals surface area contributed by atoms with Crippen molar-refractivity contribution in [3.05, 3.63) is 72.6 Å². The molecule has 1 amide bonds. The Morgan fingerprint density at radius 1 is 1.00 bits per heavy atom. The lowest BCUT2D eigenvalue weighted by molar-refractivity contribution is 0.0998. The zero-order valence-electron chi connectivity index (χ0n) is 15.4. The summed E-state index contributed by atoms with van der Waals surface area (Å²) in [5, 5.41) is 3.70. The van der Waals surface area contributed by atoms with Crippen LogP contribution < -0.4 is 10.1 Å². The van der Waals surface area contributed by atoms with E-state index in [-0.39, 0.29) is 11.7 Å². The summed E-state index contributed by atoms with van der Waals surface area (Å²) in [6.07, 6.45) is 1.65. The fraction of sp³-hybridized carbons (Fsp3) is 0.0455. The number of benzene rings is 2. The number of nitrogens with zero attached hydrogens (tertiary/aromatic N) is 2. The molecule has 0 aliphatic heterocycles. The average molecular weight is 385 g/mol. The molecule has 0 unspecified atom stereocenters. The van der Waals surface area contributed by atoms with Crippen LogP contribution in [-0.2, 0) is 0 Å². The van der Waals surface area contributed by atoms with Gasteiger partial charge in [0.2, 0.25) is 5.89 Å². The Morgan fingerprint density at radius 3 is 2.69 bits per heavy atom. The maximum absolute atomic E-state index is 12.7. The highest BCUT2D eigenvalue weighted by Gasteiger charge is 2.17. The van der Waals surface area contributed by atoms with E-state index in [1.165, 1.54) is 7.11 Å². The van der Waals surface area contributed by atoms with Gasteiger partial charge in [-0.2, -0.15) is 4.98 Å². The second-order valence-electron chi connectivity index (χ2n) is 6.36. The number of carbonyl (C=O) groups excluding carboxylic acids is 1. The molecule has 0 atom stereocenters. The summed E-state index contributed by atoms with van der Waals surface area (Å²) in [4.78, 5) is 21.3. The van der Waals surface area contributed by atoms with Crippen LogP contribution in [0.15, 0.2) is 75.7 Å². The molecule has 7 heteroatoms. The molecular formula is C22H15N3O4. The Morgan fingerprint density at radius 2 is 1.86 bits per heavy atom. The first-order valence-corrected chi connectivity index (χ1v) is 8.91. The Kier molecular flexibility index (Phi) is 3.98. The molecule has 0 fully saturated rings. The van der Waals surface area contributed by atoms with Crippen molar-refractivity contribution < 1.29 is 18.4 Å². The molecule has 29 heavy (non-hydrogen) atoms. The predicted molar refractivity (Wildman–Crippen MR) is 108 cm³/mol. The van der Waals surface area contributed by atoms with Crippen molar-refractivity contribution in [2.24, 2.45) is 0 Å². The number of anilines is 1. The number of fused-ring (bicyclic) bond motifs is 2. The van der Waals surface area contributed by atoms with Crippen molar-refractivity contribution >= 4 is 33.8 Å². The molecule has 0 saturated heterocycles. The molecule has 0 saturated carbocycles. The highest BCUT2D eigenvalue weighted by molar-refractivity contribution is 6.05. The fourth-order valence-electron chi connectivity index (χ4n) is 3.11. The minimum absolute atomic E-state index is 0.213. The van der Waals surface area contributed by atoms with Crippen LogP contribution in [0.4, 0.5) is 5.69 Å². The Hall–Kier alpha value is -4.13. The summed E-state index contributed by atoms with van der Waals surface area (Å²) in [6, 6.07) is 18.0. The normalized spacial score (nSPS) is 11.1. The van der Waals surface area contributed by atoms with Crippen molar-refractivity contribution in [3.63, 3.8) is 0 Å². The van der Waals surface area contributed by atoms with Gasteiger partial charge in [-0.1, -0.05) is 18.2 Å². The number of oxazole rings is 1. The van der Waals surface area contributed by atoms with Crippen LogP contribution in [0.1, 0.15) is 10.6 Å². The molecule has 3 heterocycles. The minimum Gasteiger partial charge on any atom is -0.495 e. The van der Waals surface area contributed by atoms with Crippen LogP contribution in [0.25, 0.3) is 33.7 Å². The molecule has 5 rings (SSSR count). The number of rotatable bonds is 4. The molecule has 7 nitrogen and oxygen atoms in total. The Balaban J connectivity index is 1.49. The summed E-state index contributed by atoms with van der Waals surface area (Å²) < 4.78 is 16.8. The maximum Gasteiger partial charge on any atom is 0.291 e. The molecule has 2 aromatic carbocycles. The molecule has 1 N–H and O–H groups in total. The van der Waals surface area contributed by atoms with E-state index in [0.717, 1.165) is 5.39 Å². The number of carbonyl (C=O) groups is 1. The Labute approximate surface area is 164 Å². The van der Waals surface area contributed by atoms with Crippen LogP contribution in [0.3, 0.4) is 0 Å². The lowest BCUT2D eigenvalue weighted by Gasteiger charge is -2.10. The summed E-state index contributed by atoms with van der Waals surface area (Å²) in [5.74, 6) is 0.744. The number of nitrogens with one attached hydrogen (secondary N) is 1. The number of furan rings is 1. The predicted octanol–water partition coefficient (Wildman–Crippen LogP) is 4.90. The van der Waals surface area contributed by atoms with Crippen LogP contribution in [-0.4, -0.2) is 23.0 Å². The van der Waals surface area contributed by atoms with E-state index in [1.54, 1.807) is 42.6 Å². The maximum atomic E-state index is 12.7. The summed E-state index contributed by atoms with van der Waals surface area (Å²) in [6.45, 7) is 0. The van der Waals surface area contributed by atoms with E-state index in [1.807, 2.05) is 24.3 Å². The van der Waals surface area contributed by atoms with Crippen molar-refractivity contribution in [2.75, 3.05) is 12.4 Å². The van der Waals surface area contributed by atoms with Crippen LogP contribution >= 0.6 is 0 Å². The molecule has 0 aliphatic carbocycles. The van der Waals surface area contributed by atoms with Gasteiger partial charge >= 0.3 is 0 Å². The van der Waals surface area contributed by atoms with Gasteiger partial charge in [0.15, 0.2) is 17.0 Å².